The van der Waals surface area contributed by atoms with Crippen molar-refractivity contribution in [3.8, 4) is 0 Å². The molecule has 1 amide bonds. The van der Waals surface area contributed by atoms with Crippen LogP contribution < -0.4 is 5.32 Å². The van der Waals surface area contributed by atoms with Gasteiger partial charge in [0.05, 0.1) is 15.6 Å². The third-order valence-electron chi connectivity index (χ3n) is 3.09. The number of aryl methyl sites for hydroxylation is 1. The van der Waals surface area contributed by atoms with Crippen molar-refractivity contribution in [2.75, 3.05) is 5.32 Å². The molecule has 0 aliphatic heterocycles. The van der Waals surface area contributed by atoms with Crippen LogP contribution >= 0.6 is 23.2 Å². The fraction of sp³-hybridized carbons (Fsp3) is 0.133. The van der Waals surface area contributed by atoms with Gasteiger partial charge in [-0.2, -0.15) is 0 Å². The number of carbonyl (C=O) groups is 1. The Morgan fingerprint density at radius 2 is 1.86 bits per heavy atom. The number of nitrogens with one attached hydrogen (secondary N) is 1. The minimum absolute atomic E-state index is 0.0208. The van der Waals surface area contributed by atoms with Gasteiger partial charge in [0, 0.05) is 11.6 Å². The molecule has 22 heavy (non-hydrogen) atoms. The molecule has 5 nitrogen and oxygen atoms in total. The number of benzene rings is 2. The Kier molecular flexibility index (Phi) is 5.00. The Balaban J connectivity index is 2.30. The number of carbonyl (C=O) groups excluding carboxylic acids is 1. The van der Waals surface area contributed by atoms with Crippen LogP contribution in [0, 0.1) is 10.1 Å². The molecule has 0 spiro atoms. The highest BCUT2D eigenvalue weighted by Crippen LogP contribution is 2.27. The molecule has 1 N–H and O–H groups in total. The third kappa shape index (κ3) is 3.55. The van der Waals surface area contributed by atoms with Crippen molar-refractivity contribution < 1.29 is 9.72 Å². The molecule has 2 aromatic rings. The lowest BCUT2D eigenvalue weighted by Crippen LogP contribution is -2.12. The second-order valence-corrected chi connectivity index (χ2v) is 5.36. The molecule has 0 bridgehead atoms. The molecular formula is C15H12Cl2N2O3. The molecule has 2 aromatic carbocycles. The fourth-order valence-corrected chi connectivity index (χ4v) is 2.23. The number of anilines is 1. The molecular weight excluding hydrogens is 327 g/mol. The molecule has 0 aliphatic rings. The molecule has 2 rings (SSSR count). The normalized spacial score (nSPS) is 10.3. The summed E-state index contributed by atoms with van der Waals surface area (Å²) in [5.74, 6) is -0.491. The SMILES string of the molecule is CCc1ccc(Cl)c(NC(=O)c2ccc(Cl)c([N+](=O)[O-])c2)c1. The summed E-state index contributed by atoms with van der Waals surface area (Å²) >= 11 is 11.8. The number of nitro benzene ring substituents is 1. The number of rotatable bonds is 4. The van der Waals surface area contributed by atoms with E-state index in [1.807, 2.05) is 13.0 Å². The zero-order chi connectivity index (χ0) is 16.3. The zero-order valence-corrected chi connectivity index (χ0v) is 13.1. The van der Waals surface area contributed by atoms with Gasteiger partial charge in [0.2, 0.25) is 0 Å². The Labute approximate surface area is 137 Å². The van der Waals surface area contributed by atoms with E-state index in [9.17, 15) is 14.9 Å². The summed E-state index contributed by atoms with van der Waals surface area (Å²) in [6, 6.07) is 9.20. The lowest BCUT2D eigenvalue weighted by atomic mass is 10.1. The third-order valence-corrected chi connectivity index (χ3v) is 3.74. The molecule has 0 unspecified atom stereocenters. The van der Waals surface area contributed by atoms with E-state index in [1.165, 1.54) is 12.1 Å². The second-order valence-electron chi connectivity index (χ2n) is 4.55. The molecule has 0 saturated carbocycles. The quantitative estimate of drug-likeness (QED) is 0.647. The van der Waals surface area contributed by atoms with Crippen LogP contribution in [0.1, 0.15) is 22.8 Å². The number of halogens is 2. The van der Waals surface area contributed by atoms with Crippen molar-refractivity contribution in [2.45, 2.75) is 13.3 Å². The number of nitro groups is 1. The Bertz CT molecular complexity index is 748. The Hall–Kier alpha value is -2.11. The topological polar surface area (TPSA) is 72.2 Å². The van der Waals surface area contributed by atoms with E-state index < -0.39 is 10.8 Å². The van der Waals surface area contributed by atoms with Crippen molar-refractivity contribution in [2.24, 2.45) is 0 Å². The Morgan fingerprint density at radius 3 is 2.50 bits per heavy atom. The first-order chi connectivity index (χ1) is 10.4. The van der Waals surface area contributed by atoms with Crippen LogP contribution in [-0.2, 0) is 6.42 Å². The zero-order valence-electron chi connectivity index (χ0n) is 11.6. The predicted molar refractivity (Wildman–Crippen MR) is 86.9 cm³/mol. The van der Waals surface area contributed by atoms with Crippen molar-refractivity contribution >= 4 is 40.5 Å². The average Bonchev–Trinajstić information content (AvgIpc) is 2.49. The number of amides is 1. The molecule has 0 fully saturated rings. The van der Waals surface area contributed by atoms with E-state index in [0.717, 1.165) is 18.1 Å². The standard InChI is InChI=1S/C15H12Cl2N2O3/c1-2-9-3-5-11(16)13(7-9)18-15(20)10-4-6-12(17)14(8-10)19(21)22/h3-8H,2H2,1H3,(H,18,20). The summed E-state index contributed by atoms with van der Waals surface area (Å²) in [5.41, 5.74) is 1.29. The molecule has 0 saturated heterocycles. The highest BCUT2D eigenvalue weighted by Gasteiger charge is 2.17. The molecule has 0 radical (unpaired) electrons. The maximum atomic E-state index is 12.2. The number of hydrogen-bond donors (Lipinski definition) is 1. The summed E-state index contributed by atoms with van der Waals surface area (Å²) in [4.78, 5) is 22.4. The first kappa shape index (κ1) is 16.3. The molecule has 0 atom stereocenters. The fourth-order valence-electron chi connectivity index (χ4n) is 1.88. The van der Waals surface area contributed by atoms with Crippen LogP contribution in [0.3, 0.4) is 0 Å². The van der Waals surface area contributed by atoms with Crippen molar-refractivity contribution in [1.29, 1.82) is 0 Å². The van der Waals surface area contributed by atoms with Crippen molar-refractivity contribution in [3.63, 3.8) is 0 Å². The lowest BCUT2D eigenvalue weighted by molar-refractivity contribution is -0.384. The molecule has 0 aliphatic carbocycles. The van der Waals surface area contributed by atoms with Gasteiger partial charge in [-0.05, 0) is 36.2 Å². The van der Waals surface area contributed by atoms with Crippen molar-refractivity contribution in [1.82, 2.24) is 0 Å². The second kappa shape index (κ2) is 6.77. The highest BCUT2D eigenvalue weighted by atomic mass is 35.5. The minimum atomic E-state index is -0.635. The van der Waals surface area contributed by atoms with Gasteiger partial charge in [0.1, 0.15) is 5.02 Å². The number of nitrogens with zero attached hydrogens (tertiary/aromatic N) is 1. The molecule has 0 aromatic heterocycles. The van der Waals surface area contributed by atoms with Gasteiger partial charge in [0.15, 0.2) is 0 Å². The molecule has 114 valence electrons. The summed E-state index contributed by atoms with van der Waals surface area (Å²) in [7, 11) is 0. The van der Waals surface area contributed by atoms with E-state index in [1.54, 1.807) is 12.1 Å². The van der Waals surface area contributed by atoms with Gasteiger partial charge in [-0.25, -0.2) is 0 Å². The maximum absolute atomic E-state index is 12.2. The molecule has 7 heteroatoms. The van der Waals surface area contributed by atoms with Gasteiger partial charge in [-0.3, -0.25) is 14.9 Å². The van der Waals surface area contributed by atoms with E-state index in [2.05, 4.69) is 5.32 Å². The molecule has 0 heterocycles. The summed E-state index contributed by atoms with van der Waals surface area (Å²) in [6.45, 7) is 1.98. The first-order valence-corrected chi connectivity index (χ1v) is 7.21. The van der Waals surface area contributed by atoms with Gasteiger partial charge >= 0.3 is 0 Å². The van der Waals surface area contributed by atoms with E-state index in [4.69, 9.17) is 23.2 Å². The maximum Gasteiger partial charge on any atom is 0.288 e. The number of hydrogen-bond acceptors (Lipinski definition) is 3. The Morgan fingerprint density at radius 1 is 1.18 bits per heavy atom. The lowest BCUT2D eigenvalue weighted by Gasteiger charge is -2.09. The monoisotopic (exact) mass is 338 g/mol. The summed E-state index contributed by atoms with van der Waals surface area (Å²) in [6.07, 6.45) is 0.798. The smallest absolute Gasteiger partial charge is 0.288 e. The van der Waals surface area contributed by atoms with Gasteiger partial charge in [0.25, 0.3) is 11.6 Å². The average molecular weight is 339 g/mol. The summed E-state index contributed by atoms with van der Waals surface area (Å²) < 4.78 is 0. The predicted octanol–water partition coefficient (Wildman–Crippen LogP) is 4.72. The van der Waals surface area contributed by atoms with Gasteiger partial charge in [-0.15, -0.1) is 0 Å². The van der Waals surface area contributed by atoms with Crippen LogP contribution in [0.4, 0.5) is 11.4 Å². The highest BCUT2D eigenvalue weighted by molar-refractivity contribution is 6.34. The van der Waals surface area contributed by atoms with Crippen LogP contribution in [0.2, 0.25) is 10.0 Å². The van der Waals surface area contributed by atoms with Gasteiger partial charge in [-0.1, -0.05) is 36.2 Å². The van der Waals surface area contributed by atoms with E-state index in [-0.39, 0.29) is 16.3 Å². The van der Waals surface area contributed by atoms with Crippen LogP contribution in [-0.4, -0.2) is 10.8 Å². The van der Waals surface area contributed by atoms with E-state index in [0.29, 0.717) is 10.7 Å². The van der Waals surface area contributed by atoms with E-state index >= 15 is 0 Å². The first-order valence-electron chi connectivity index (χ1n) is 6.46. The minimum Gasteiger partial charge on any atom is -0.321 e. The van der Waals surface area contributed by atoms with Crippen molar-refractivity contribution in [3.05, 3.63) is 67.7 Å². The summed E-state index contributed by atoms with van der Waals surface area (Å²) in [5, 5.41) is 13.9. The van der Waals surface area contributed by atoms with Gasteiger partial charge < -0.3 is 5.32 Å². The van der Waals surface area contributed by atoms with Crippen LogP contribution in [0.25, 0.3) is 0 Å². The largest absolute Gasteiger partial charge is 0.321 e. The van der Waals surface area contributed by atoms with Crippen LogP contribution in [0.15, 0.2) is 36.4 Å². The van der Waals surface area contributed by atoms with Crippen LogP contribution in [0.5, 0.6) is 0 Å².